The van der Waals surface area contributed by atoms with Crippen molar-refractivity contribution in [2.24, 2.45) is 5.92 Å². The van der Waals surface area contributed by atoms with E-state index in [1.54, 1.807) is 18.2 Å². The van der Waals surface area contributed by atoms with Gasteiger partial charge in [0.05, 0.1) is 4.88 Å². The highest BCUT2D eigenvalue weighted by molar-refractivity contribution is 7.20. The van der Waals surface area contributed by atoms with Gasteiger partial charge in [-0.15, -0.1) is 11.3 Å². The van der Waals surface area contributed by atoms with Crippen LogP contribution in [0.5, 0.6) is 0 Å². The monoisotopic (exact) mass is 281 g/mol. The van der Waals surface area contributed by atoms with Gasteiger partial charge in [0, 0.05) is 23.2 Å². The number of carbonyl (C=O) groups excluding carboxylic acids is 1. The van der Waals surface area contributed by atoms with E-state index in [9.17, 15) is 9.18 Å². The van der Waals surface area contributed by atoms with Gasteiger partial charge in [-0.1, -0.05) is 13.0 Å². The highest BCUT2D eigenvalue weighted by Crippen LogP contribution is 2.27. The van der Waals surface area contributed by atoms with Crippen molar-refractivity contribution >= 4 is 27.3 Å². The zero-order valence-corrected chi connectivity index (χ0v) is 11.5. The average Bonchev–Trinajstić information content (AvgIpc) is 2.82. The predicted octanol–water partition coefficient (Wildman–Crippen LogP) is 2.79. The fraction of sp³-hybridized carbons (Fsp3) is 0.357. The van der Waals surface area contributed by atoms with Gasteiger partial charge in [-0.2, -0.15) is 0 Å². The molecule has 0 aliphatic rings. The maximum Gasteiger partial charge on any atom is 0.261 e. The van der Waals surface area contributed by atoms with Crippen LogP contribution in [0.2, 0.25) is 0 Å². The van der Waals surface area contributed by atoms with Crippen molar-refractivity contribution in [1.82, 2.24) is 5.32 Å². The van der Waals surface area contributed by atoms with Crippen LogP contribution in [-0.4, -0.2) is 24.2 Å². The van der Waals surface area contributed by atoms with Crippen molar-refractivity contribution in [1.29, 1.82) is 0 Å². The van der Waals surface area contributed by atoms with E-state index in [1.807, 2.05) is 6.92 Å². The Labute approximate surface area is 115 Å². The molecule has 1 amide bonds. The van der Waals surface area contributed by atoms with Gasteiger partial charge < -0.3 is 10.4 Å². The smallest absolute Gasteiger partial charge is 0.261 e. The lowest BCUT2D eigenvalue weighted by atomic mass is 10.1. The number of carbonyl (C=O) groups is 1. The normalized spacial score (nSPS) is 12.6. The Morgan fingerprint density at radius 2 is 2.32 bits per heavy atom. The molecule has 0 radical (unpaired) electrons. The molecule has 1 heterocycles. The van der Waals surface area contributed by atoms with Crippen LogP contribution in [0.3, 0.4) is 0 Å². The first-order chi connectivity index (χ1) is 9.11. The zero-order chi connectivity index (χ0) is 13.8. The Morgan fingerprint density at radius 3 is 3.00 bits per heavy atom. The van der Waals surface area contributed by atoms with Crippen LogP contribution < -0.4 is 5.32 Å². The molecular weight excluding hydrogens is 265 g/mol. The van der Waals surface area contributed by atoms with Crippen LogP contribution in [-0.2, 0) is 0 Å². The summed E-state index contributed by atoms with van der Waals surface area (Å²) in [5, 5.41) is 12.1. The Balaban J connectivity index is 2.07. The molecular formula is C14H16FNO2S. The standard InChI is InChI=1S/C14H16FNO2S/c1-9(5-6-17)8-16-14(18)13-7-10-11(15)3-2-4-12(10)19-13/h2-4,7,9,17H,5-6,8H2,1H3,(H,16,18). The minimum Gasteiger partial charge on any atom is -0.396 e. The summed E-state index contributed by atoms with van der Waals surface area (Å²) in [6, 6.07) is 6.41. The third kappa shape index (κ3) is 3.30. The van der Waals surface area contributed by atoms with Crippen LogP contribution >= 0.6 is 11.3 Å². The summed E-state index contributed by atoms with van der Waals surface area (Å²) in [5.74, 6) is -0.271. The molecule has 3 nitrogen and oxygen atoms in total. The Hall–Kier alpha value is -1.46. The lowest BCUT2D eigenvalue weighted by Crippen LogP contribution is -2.27. The summed E-state index contributed by atoms with van der Waals surface area (Å²) in [6.45, 7) is 2.59. The minimum atomic E-state index is -0.304. The number of rotatable bonds is 5. The average molecular weight is 281 g/mol. The molecule has 0 saturated carbocycles. The fourth-order valence-electron chi connectivity index (χ4n) is 1.81. The second kappa shape index (κ2) is 6.12. The van der Waals surface area contributed by atoms with Crippen molar-refractivity contribution in [3.05, 3.63) is 35.0 Å². The number of halogens is 1. The van der Waals surface area contributed by atoms with E-state index in [2.05, 4.69) is 5.32 Å². The summed E-state index contributed by atoms with van der Waals surface area (Å²) in [4.78, 5) is 12.5. The first kappa shape index (κ1) is 14.0. The zero-order valence-electron chi connectivity index (χ0n) is 10.6. The quantitative estimate of drug-likeness (QED) is 0.885. The number of hydrogen-bond donors (Lipinski definition) is 2. The van der Waals surface area contributed by atoms with Crippen molar-refractivity contribution in [3.8, 4) is 0 Å². The predicted molar refractivity (Wildman–Crippen MR) is 75.0 cm³/mol. The van der Waals surface area contributed by atoms with Gasteiger partial charge in [-0.3, -0.25) is 4.79 Å². The van der Waals surface area contributed by atoms with Crippen LogP contribution in [0, 0.1) is 11.7 Å². The maximum atomic E-state index is 13.5. The molecule has 5 heteroatoms. The van der Waals surface area contributed by atoms with Crippen LogP contribution in [0.15, 0.2) is 24.3 Å². The lowest BCUT2D eigenvalue weighted by Gasteiger charge is -2.09. The summed E-state index contributed by atoms with van der Waals surface area (Å²) in [5.41, 5.74) is 0. The van der Waals surface area contributed by atoms with E-state index in [0.717, 1.165) is 4.70 Å². The molecule has 1 aromatic heterocycles. The molecule has 0 bridgehead atoms. The van der Waals surface area contributed by atoms with Crippen LogP contribution in [0.4, 0.5) is 4.39 Å². The molecule has 0 aliphatic carbocycles. The summed E-state index contributed by atoms with van der Waals surface area (Å²) >= 11 is 1.28. The number of aliphatic hydroxyl groups excluding tert-OH is 1. The van der Waals surface area contributed by atoms with Crippen molar-refractivity contribution < 1.29 is 14.3 Å². The maximum absolute atomic E-state index is 13.5. The Morgan fingerprint density at radius 1 is 1.53 bits per heavy atom. The number of benzene rings is 1. The molecule has 0 aliphatic heterocycles. The topological polar surface area (TPSA) is 49.3 Å². The molecule has 0 saturated heterocycles. The van der Waals surface area contributed by atoms with Gasteiger partial charge >= 0.3 is 0 Å². The Kier molecular flexibility index (Phi) is 4.50. The lowest BCUT2D eigenvalue weighted by molar-refractivity contribution is 0.0949. The molecule has 2 N–H and O–H groups in total. The molecule has 1 atom stereocenters. The number of amides is 1. The molecule has 1 aromatic carbocycles. The van der Waals surface area contributed by atoms with E-state index in [4.69, 9.17) is 5.11 Å². The number of thiophene rings is 1. The molecule has 0 spiro atoms. The second-order valence-corrected chi connectivity index (χ2v) is 5.67. The summed E-state index contributed by atoms with van der Waals surface area (Å²) in [7, 11) is 0. The number of fused-ring (bicyclic) bond motifs is 1. The summed E-state index contributed by atoms with van der Waals surface area (Å²) < 4.78 is 14.3. The highest BCUT2D eigenvalue weighted by Gasteiger charge is 2.13. The largest absolute Gasteiger partial charge is 0.396 e. The van der Waals surface area contributed by atoms with Gasteiger partial charge in [0.2, 0.25) is 0 Å². The molecule has 2 rings (SSSR count). The third-order valence-electron chi connectivity index (χ3n) is 2.97. The van der Waals surface area contributed by atoms with E-state index >= 15 is 0 Å². The van der Waals surface area contributed by atoms with Crippen molar-refractivity contribution in [2.45, 2.75) is 13.3 Å². The number of hydrogen-bond acceptors (Lipinski definition) is 3. The van der Waals surface area contributed by atoms with E-state index in [-0.39, 0.29) is 24.2 Å². The fourth-order valence-corrected chi connectivity index (χ4v) is 2.81. The molecule has 0 fully saturated rings. The molecule has 2 aromatic rings. The summed E-state index contributed by atoms with van der Waals surface area (Å²) in [6.07, 6.45) is 0.654. The number of nitrogens with one attached hydrogen (secondary N) is 1. The molecule has 1 unspecified atom stereocenters. The SMILES string of the molecule is CC(CCO)CNC(=O)c1cc2c(F)cccc2s1. The first-order valence-electron chi connectivity index (χ1n) is 6.19. The van der Waals surface area contributed by atoms with E-state index in [1.165, 1.54) is 17.4 Å². The van der Waals surface area contributed by atoms with Gasteiger partial charge in [-0.25, -0.2) is 4.39 Å². The molecule has 102 valence electrons. The molecule has 19 heavy (non-hydrogen) atoms. The second-order valence-electron chi connectivity index (χ2n) is 4.59. The van der Waals surface area contributed by atoms with Crippen molar-refractivity contribution in [2.75, 3.05) is 13.2 Å². The van der Waals surface area contributed by atoms with E-state index in [0.29, 0.717) is 23.2 Å². The van der Waals surface area contributed by atoms with Gasteiger partial charge in [0.15, 0.2) is 0 Å². The number of aliphatic hydroxyl groups is 1. The Bertz CT molecular complexity index is 582. The van der Waals surface area contributed by atoms with Crippen LogP contribution in [0.1, 0.15) is 23.0 Å². The van der Waals surface area contributed by atoms with Crippen molar-refractivity contribution in [3.63, 3.8) is 0 Å². The van der Waals surface area contributed by atoms with Gasteiger partial charge in [0.1, 0.15) is 5.82 Å². The van der Waals surface area contributed by atoms with E-state index < -0.39 is 0 Å². The van der Waals surface area contributed by atoms with Crippen LogP contribution in [0.25, 0.3) is 10.1 Å². The van der Waals surface area contributed by atoms with Gasteiger partial charge in [0.25, 0.3) is 5.91 Å². The highest BCUT2D eigenvalue weighted by atomic mass is 32.1. The van der Waals surface area contributed by atoms with Gasteiger partial charge in [-0.05, 0) is 30.5 Å². The minimum absolute atomic E-state index is 0.116. The first-order valence-corrected chi connectivity index (χ1v) is 7.00. The third-order valence-corrected chi connectivity index (χ3v) is 4.06.